The minimum absolute atomic E-state index is 0.0572. The first-order chi connectivity index (χ1) is 16.8. The van der Waals surface area contributed by atoms with E-state index in [-0.39, 0.29) is 19.3 Å². The maximum Gasteiger partial charge on any atom is 0.326 e. The van der Waals surface area contributed by atoms with Crippen LogP contribution in [0.4, 0.5) is 0 Å². The molecule has 16 nitrogen and oxygen atoms in total. The molecule has 0 aliphatic heterocycles. The second-order valence-corrected chi connectivity index (χ2v) is 7.95. The predicted octanol–water partition coefficient (Wildman–Crippen LogP) is -3.41. The molecular formula is C20H34N6O10. The summed E-state index contributed by atoms with van der Waals surface area (Å²) in [7, 11) is 0. The van der Waals surface area contributed by atoms with E-state index < -0.39 is 85.0 Å². The molecule has 0 saturated carbocycles. The molecule has 0 heterocycles. The second-order valence-electron chi connectivity index (χ2n) is 7.95. The molecule has 12 N–H and O–H groups in total. The lowest BCUT2D eigenvalue weighted by Gasteiger charge is -2.24. The molecule has 16 heteroatoms. The summed E-state index contributed by atoms with van der Waals surface area (Å²) in [5.41, 5.74) is 16.2. The SMILES string of the molecule is NCCCCC(NC(=O)C(N)CCC(=O)O)C(=O)NC(CC(N)=O)C(=O)NC(CCC(=O)O)C(=O)O. The van der Waals surface area contributed by atoms with Crippen LogP contribution in [0, 0.1) is 0 Å². The van der Waals surface area contributed by atoms with Crippen molar-refractivity contribution in [2.24, 2.45) is 17.2 Å². The summed E-state index contributed by atoms with van der Waals surface area (Å²) in [6.45, 7) is 0.292. The van der Waals surface area contributed by atoms with Gasteiger partial charge in [-0.2, -0.15) is 0 Å². The average molecular weight is 519 g/mol. The zero-order valence-electron chi connectivity index (χ0n) is 19.6. The van der Waals surface area contributed by atoms with E-state index >= 15 is 0 Å². The monoisotopic (exact) mass is 518 g/mol. The Balaban J connectivity index is 5.52. The molecule has 0 aliphatic carbocycles. The van der Waals surface area contributed by atoms with E-state index in [9.17, 15) is 38.7 Å². The minimum Gasteiger partial charge on any atom is -0.481 e. The normalized spacial score (nSPS) is 13.9. The van der Waals surface area contributed by atoms with Gasteiger partial charge in [-0.3, -0.25) is 28.8 Å². The van der Waals surface area contributed by atoms with E-state index in [1.54, 1.807) is 0 Å². The smallest absolute Gasteiger partial charge is 0.326 e. The Morgan fingerprint density at radius 1 is 0.667 bits per heavy atom. The molecule has 36 heavy (non-hydrogen) atoms. The van der Waals surface area contributed by atoms with Crippen molar-refractivity contribution in [3.63, 3.8) is 0 Å². The van der Waals surface area contributed by atoms with Crippen molar-refractivity contribution in [1.82, 2.24) is 16.0 Å². The third kappa shape index (κ3) is 13.8. The number of rotatable bonds is 19. The van der Waals surface area contributed by atoms with Crippen LogP contribution in [0.2, 0.25) is 0 Å². The number of nitrogens with one attached hydrogen (secondary N) is 3. The molecule has 4 amide bonds. The van der Waals surface area contributed by atoms with Crippen molar-refractivity contribution in [2.45, 2.75) is 75.5 Å². The molecule has 0 aliphatic rings. The molecule has 0 aromatic carbocycles. The topological polar surface area (TPSA) is 294 Å². The first-order valence-corrected chi connectivity index (χ1v) is 11.1. The van der Waals surface area contributed by atoms with Crippen LogP contribution < -0.4 is 33.2 Å². The van der Waals surface area contributed by atoms with Crippen LogP contribution in [0.15, 0.2) is 0 Å². The fraction of sp³-hybridized carbons (Fsp3) is 0.650. The number of carbonyl (C=O) groups is 7. The van der Waals surface area contributed by atoms with E-state index in [0.29, 0.717) is 19.4 Å². The van der Waals surface area contributed by atoms with Crippen molar-refractivity contribution in [2.75, 3.05) is 6.54 Å². The van der Waals surface area contributed by atoms with Crippen LogP contribution in [0.5, 0.6) is 0 Å². The molecule has 4 unspecified atom stereocenters. The van der Waals surface area contributed by atoms with E-state index in [1.165, 1.54) is 0 Å². The van der Waals surface area contributed by atoms with Gasteiger partial charge in [-0.1, -0.05) is 0 Å². The standard InChI is InChI=1S/C20H34N6O10/c21-8-2-1-3-11(24-17(32)10(22)4-6-15(28)29)18(33)26-13(9-14(23)27)19(34)25-12(20(35)36)5-7-16(30)31/h10-13H,1-9,21-22H2,(H2,23,27)(H,24,32)(H,25,34)(H,26,33)(H,28,29)(H,30,31)(H,35,36). The van der Waals surface area contributed by atoms with Gasteiger partial charge in [-0.25, -0.2) is 4.79 Å². The molecule has 0 bridgehead atoms. The molecule has 204 valence electrons. The van der Waals surface area contributed by atoms with Crippen molar-refractivity contribution in [3.05, 3.63) is 0 Å². The van der Waals surface area contributed by atoms with Gasteiger partial charge in [0, 0.05) is 12.8 Å². The van der Waals surface area contributed by atoms with Crippen LogP contribution in [0.1, 0.15) is 51.4 Å². The van der Waals surface area contributed by atoms with Gasteiger partial charge in [0.25, 0.3) is 0 Å². The van der Waals surface area contributed by atoms with Crippen LogP contribution in [-0.2, 0) is 33.6 Å². The molecule has 0 spiro atoms. The number of nitrogens with two attached hydrogens (primary N) is 3. The molecule has 0 saturated heterocycles. The van der Waals surface area contributed by atoms with Gasteiger partial charge in [0.15, 0.2) is 0 Å². The van der Waals surface area contributed by atoms with Crippen molar-refractivity contribution in [3.8, 4) is 0 Å². The zero-order chi connectivity index (χ0) is 27.8. The lowest BCUT2D eigenvalue weighted by Crippen LogP contribution is -2.57. The second kappa shape index (κ2) is 16.8. The van der Waals surface area contributed by atoms with Crippen LogP contribution >= 0.6 is 0 Å². The van der Waals surface area contributed by atoms with Gasteiger partial charge in [0.05, 0.1) is 12.5 Å². The third-order valence-corrected chi connectivity index (χ3v) is 4.89. The number of hydrogen-bond acceptors (Lipinski definition) is 9. The predicted molar refractivity (Wildman–Crippen MR) is 122 cm³/mol. The maximum absolute atomic E-state index is 12.9. The fourth-order valence-corrected chi connectivity index (χ4v) is 2.93. The number of hydrogen-bond donors (Lipinski definition) is 9. The zero-order valence-corrected chi connectivity index (χ0v) is 19.6. The summed E-state index contributed by atoms with van der Waals surface area (Å²) in [5.74, 6) is -7.84. The van der Waals surface area contributed by atoms with Crippen molar-refractivity contribution in [1.29, 1.82) is 0 Å². The summed E-state index contributed by atoms with van der Waals surface area (Å²) in [6, 6.07) is -5.73. The van der Waals surface area contributed by atoms with Crippen molar-refractivity contribution >= 4 is 41.5 Å². The summed E-state index contributed by atoms with van der Waals surface area (Å²) in [6.07, 6.45) is -1.40. The first kappa shape index (κ1) is 32.2. The summed E-state index contributed by atoms with van der Waals surface area (Å²) >= 11 is 0. The first-order valence-electron chi connectivity index (χ1n) is 11.1. The minimum atomic E-state index is -1.63. The van der Waals surface area contributed by atoms with Crippen molar-refractivity contribution < 1.29 is 48.9 Å². The summed E-state index contributed by atoms with van der Waals surface area (Å²) in [4.78, 5) is 82.1. The molecule has 0 aromatic heterocycles. The molecule has 0 radical (unpaired) electrons. The highest BCUT2D eigenvalue weighted by Gasteiger charge is 2.31. The Morgan fingerprint density at radius 3 is 1.67 bits per heavy atom. The highest BCUT2D eigenvalue weighted by molar-refractivity contribution is 5.96. The number of carboxylic acids is 3. The van der Waals surface area contributed by atoms with Gasteiger partial charge in [-0.05, 0) is 38.6 Å². The van der Waals surface area contributed by atoms with Gasteiger partial charge in [-0.15, -0.1) is 0 Å². The number of aliphatic carboxylic acids is 3. The highest BCUT2D eigenvalue weighted by atomic mass is 16.4. The molecule has 0 aromatic rings. The summed E-state index contributed by atoms with van der Waals surface area (Å²) in [5, 5.41) is 33.4. The Hall–Kier alpha value is -3.79. The van der Waals surface area contributed by atoms with Gasteiger partial charge in [0.2, 0.25) is 23.6 Å². The third-order valence-electron chi connectivity index (χ3n) is 4.89. The largest absolute Gasteiger partial charge is 0.481 e. The number of primary amides is 1. The Kier molecular flexibility index (Phi) is 15.0. The van der Waals surface area contributed by atoms with Crippen LogP contribution in [-0.4, -0.2) is 87.6 Å². The lowest BCUT2D eigenvalue weighted by atomic mass is 10.0. The average Bonchev–Trinajstić information content (AvgIpc) is 2.77. The van der Waals surface area contributed by atoms with Crippen LogP contribution in [0.3, 0.4) is 0 Å². The summed E-state index contributed by atoms with van der Waals surface area (Å²) < 4.78 is 0. The van der Waals surface area contributed by atoms with E-state index in [2.05, 4.69) is 16.0 Å². The number of unbranched alkanes of at least 4 members (excludes halogenated alkanes) is 1. The number of amides is 4. The Labute approximate surface area is 206 Å². The molecular weight excluding hydrogens is 484 g/mol. The Bertz CT molecular complexity index is 821. The molecule has 0 rings (SSSR count). The van der Waals surface area contributed by atoms with Gasteiger partial charge < -0.3 is 48.5 Å². The fourth-order valence-electron chi connectivity index (χ4n) is 2.93. The van der Waals surface area contributed by atoms with E-state index in [0.717, 1.165) is 0 Å². The maximum atomic E-state index is 12.9. The van der Waals surface area contributed by atoms with E-state index in [4.69, 9.17) is 27.4 Å². The van der Waals surface area contributed by atoms with Gasteiger partial charge >= 0.3 is 17.9 Å². The van der Waals surface area contributed by atoms with Crippen LogP contribution in [0.25, 0.3) is 0 Å². The van der Waals surface area contributed by atoms with E-state index in [1.807, 2.05) is 0 Å². The quantitative estimate of drug-likeness (QED) is 0.0755. The number of carboxylic acid groups (broad SMARTS) is 3. The lowest BCUT2D eigenvalue weighted by molar-refractivity contribution is -0.143. The highest BCUT2D eigenvalue weighted by Crippen LogP contribution is 2.06. The van der Waals surface area contributed by atoms with Gasteiger partial charge in [0.1, 0.15) is 18.1 Å². The molecule has 4 atom stereocenters. The molecule has 0 fully saturated rings. The Morgan fingerprint density at radius 2 is 1.17 bits per heavy atom. The number of carbonyl (C=O) groups excluding carboxylic acids is 4.